The van der Waals surface area contributed by atoms with Gasteiger partial charge >= 0.3 is 6.03 Å². The number of anilines is 1. The molecule has 3 amide bonds. The van der Waals surface area contributed by atoms with Gasteiger partial charge in [0.15, 0.2) is 0 Å². The maximum atomic E-state index is 11.4. The molecule has 1 atom stereocenters. The number of primary amides is 1. The molecule has 1 rings (SSSR count). The Morgan fingerprint density at radius 2 is 2.11 bits per heavy atom. The zero-order valence-corrected chi connectivity index (χ0v) is 10.3. The molecule has 1 unspecified atom stereocenters. The van der Waals surface area contributed by atoms with Crippen LogP contribution in [0.3, 0.4) is 0 Å². The summed E-state index contributed by atoms with van der Waals surface area (Å²) in [6.45, 7) is 2.16. The number of rotatable bonds is 5. The van der Waals surface area contributed by atoms with Gasteiger partial charge in [-0.3, -0.25) is 4.79 Å². The van der Waals surface area contributed by atoms with Crippen molar-refractivity contribution in [3.05, 3.63) is 29.8 Å². The van der Waals surface area contributed by atoms with Crippen LogP contribution in [0.15, 0.2) is 24.3 Å². The number of benzene rings is 1. The molecule has 0 aliphatic rings. The van der Waals surface area contributed by atoms with Gasteiger partial charge in [0.2, 0.25) is 5.91 Å². The van der Waals surface area contributed by atoms with Crippen molar-refractivity contribution in [1.29, 1.82) is 0 Å². The summed E-state index contributed by atoms with van der Waals surface area (Å²) in [5.74, 6) is -0.0988. The number of nitrogens with two attached hydrogens (primary N) is 2. The molecule has 0 aliphatic heterocycles. The average molecular weight is 250 g/mol. The summed E-state index contributed by atoms with van der Waals surface area (Å²) in [4.78, 5) is 22.1. The molecule has 18 heavy (non-hydrogen) atoms. The topological polar surface area (TPSA) is 110 Å². The van der Waals surface area contributed by atoms with Gasteiger partial charge in [0.1, 0.15) is 0 Å². The van der Waals surface area contributed by atoms with E-state index >= 15 is 0 Å². The molecule has 6 nitrogen and oxygen atoms in total. The first-order valence-electron chi connectivity index (χ1n) is 5.65. The fourth-order valence-corrected chi connectivity index (χ4v) is 1.47. The van der Waals surface area contributed by atoms with E-state index in [9.17, 15) is 9.59 Å². The van der Waals surface area contributed by atoms with E-state index in [1.807, 2.05) is 6.07 Å². The molecule has 0 aromatic heterocycles. The Kier molecular flexibility index (Phi) is 5.13. The van der Waals surface area contributed by atoms with E-state index in [0.717, 1.165) is 5.56 Å². The number of carbonyl (C=O) groups is 2. The SMILES string of the molecule is CC(N)CC(=O)NCc1cccc(NC(N)=O)c1. The monoisotopic (exact) mass is 250 g/mol. The second kappa shape index (κ2) is 6.61. The van der Waals surface area contributed by atoms with Gasteiger partial charge in [0, 0.05) is 24.7 Å². The molecule has 0 fully saturated rings. The second-order valence-electron chi connectivity index (χ2n) is 4.15. The standard InChI is InChI=1S/C12H18N4O2/c1-8(13)5-11(17)15-7-9-3-2-4-10(6-9)16-12(14)18/h2-4,6,8H,5,7,13H2,1H3,(H,15,17)(H3,14,16,18). The minimum atomic E-state index is -0.617. The first-order chi connectivity index (χ1) is 8.47. The summed E-state index contributed by atoms with van der Waals surface area (Å²) < 4.78 is 0. The lowest BCUT2D eigenvalue weighted by Gasteiger charge is -2.08. The van der Waals surface area contributed by atoms with Gasteiger partial charge in [-0.2, -0.15) is 0 Å². The van der Waals surface area contributed by atoms with Gasteiger partial charge in [-0.25, -0.2) is 4.79 Å². The maximum absolute atomic E-state index is 11.4. The molecule has 0 spiro atoms. The molecule has 6 N–H and O–H groups in total. The maximum Gasteiger partial charge on any atom is 0.316 e. The molecular formula is C12H18N4O2. The van der Waals surface area contributed by atoms with Crippen molar-refractivity contribution in [2.45, 2.75) is 25.9 Å². The fourth-order valence-electron chi connectivity index (χ4n) is 1.47. The van der Waals surface area contributed by atoms with Crippen molar-refractivity contribution in [3.63, 3.8) is 0 Å². The van der Waals surface area contributed by atoms with Crippen molar-refractivity contribution in [1.82, 2.24) is 5.32 Å². The molecule has 0 heterocycles. The van der Waals surface area contributed by atoms with E-state index in [2.05, 4.69) is 10.6 Å². The van der Waals surface area contributed by atoms with E-state index in [1.165, 1.54) is 0 Å². The first-order valence-corrected chi connectivity index (χ1v) is 5.65. The molecule has 0 bridgehead atoms. The van der Waals surface area contributed by atoms with Gasteiger partial charge in [0.05, 0.1) is 0 Å². The van der Waals surface area contributed by atoms with Crippen LogP contribution in [-0.2, 0) is 11.3 Å². The Balaban J connectivity index is 2.52. The summed E-state index contributed by atoms with van der Waals surface area (Å²) in [7, 11) is 0. The summed E-state index contributed by atoms with van der Waals surface area (Å²) in [5, 5.41) is 5.22. The van der Waals surface area contributed by atoms with E-state index in [-0.39, 0.29) is 11.9 Å². The van der Waals surface area contributed by atoms with Gasteiger partial charge in [0.25, 0.3) is 0 Å². The summed E-state index contributed by atoms with van der Waals surface area (Å²) in [6, 6.07) is 6.31. The minimum Gasteiger partial charge on any atom is -0.352 e. The van der Waals surface area contributed by atoms with Gasteiger partial charge in [-0.1, -0.05) is 12.1 Å². The van der Waals surface area contributed by atoms with E-state index in [4.69, 9.17) is 11.5 Å². The number of nitrogens with one attached hydrogen (secondary N) is 2. The second-order valence-corrected chi connectivity index (χ2v) is 4.15. The molecule has 1 aromatic carbocycles. The van der Waals surface area contributed by atoms with Crippen LogP contribution in [0.2, 0.25) is 0 Å². The van der Waals surface area contributed by atoms with Crippen LogP contribution in [0.1, 0.15) is 18.9 Å². The van der Waals surface area contributed by atoms with Crippen molar-refractivity contribution < 1.29 is 9.59 Å². The zero-order valence-electron chi connectivity index (χ0n) is 10.3. The number of hydrogen-bond acceptors (Lipinski definition) is 3. The third-order valence-corrected chi connectivity index (χ3v) is 2.19. The number of urea groups is 1. The summed E-state index contributed by atoms with van der Waals surface area (Å²) in [5.41, 5.74) is 12.0. The van der Waals surface area contributed by atoms with E-state index in [1.54, 1.807) is 25.1 Å². The summed E-state index contributed by atoms with van der Waals surface area (Å²) in [6.07, 6.45) is 0.291. The van der Waals surface area contributed by atoms with Crippen LogP contribution < -0.4 is 22.1 Å². The molecule has 6 heteroatoms. The molecule has 0 radical (unpaired) electrons. The first kappa shape index (κ1) is 14.0. The lowest BCUT2D eigenvalue weighted by Crippen LogP contribution is -2.29. The molecule has 0 saturated carbocycles. The van der Waals surface area contributed by atoms with Crippen LogP contribution in [-0.4, -0.2) is 18.0 Å². The molecule has 98 valence electrons. The highest BCUT2D eigenvalue weighted by Crippen LogP contribution is 2.10. The highest BCUT2D eigenvalue weighted by Gasteiger charge is 2.05. The smallest absolute Gasteiger partial charge is 0.316 e. The quantitative estimate of drug-likeness (QED) is 0.611. The normalized spacial score (nSPS) is 11.7. The highest BCUT2D eigenvalue weighted by atomic mass is 16.2. The van der Waals surface area contributed by atoms with Crippen LogP contribution in [0.5, 0.6) is 0 Å². The number of hydrogen-bond donors (Lipinski definition) is 4. The Labute approximate surface area is 106 Å². The van der Waals surface area contributed by atoms with E-state index < -0.39 is 6.03 Å². The molecule has 0 saturated heterocycles. The van der Waals surface area contributed by atoms with Gasteiger partial charge in [-0.15, -0.1) is 0 Å². The predicted molar refractivity (Wildman–Crippen MR) is 69.8 cm³/mol. The Morgan fingerprint density at radius 1 is 1.39 bits per heavy atom. The van der Waals surface area contributed by atoms with Crippen LogP contribution in [0, 0.1) is 0 Å². The number of carbonyl (C=O) groups excluding carboxylic acids is 2. The molecule has 0 aliphatic carbocycles. The van der Waals surface area contributed by atoms with Crippen molar-refractivity contribution in [3.8, 4) is 0 Å². The van der Waals surface area contributed by atoms with Crippen molar-refractivity contribution in [2.24, 2.45) is 11.5 Å². The Bertz CT molecular complexity index is 432. The van der Waals surface area contributed by atoms with E-state index in [0.29, 0.717) is 18.7 Å². The largest absolute Gasteiger partial charge is 0.352 e. The predicted octanol–water partition coefficient (Wildman–Crippen LogP) is 0.531. The highest BCUT2D eigenvalue weighted by molar-refractivity contribution is 5.87. The van der Waals surface area contributed by atoms with Crippen LogP contribution in [0.4, 0.5) is 10.5 Å². The third kappa shape index (κ3) is 5.31. The average Bonchev–Trinajstić information content (AvgIpc) is 2.25. The lowest BCUT2D eigenvalue weighted by atomic mass is 10.2. The van der Waals surface area contributed by atoms with Crippen molar-refractivity contribution in [2.75, 3.05) is 5.32 Å². The van der Waals surface area contributed by atoms with Gasteiger partial charge in [-0.05, 0) is 24.6 Å². The van der Waals surface area contributed by atoms with Crippen LogP contribution in [0.25, 0.3) is 0 Å². The third-order valence-electron chi connectivity index (χ3n) is 2.19. The Morgan fingerprint density at radius 3 is 2.72 bits per heavy atom. The Hall–Kier alpha value is -2.08. The van der Waals surface area contributed by atoms with Gasteiger partial charge < -0.3 is 22.1 Å². The molecular weight excluding hydrogens is 232 g/mol. The zero-order chi connectivity index (χ0) is 13.5. The summed E-state index contributed by atoms with van der Waals surface area (Å²) >= 11 is 0. The number of amides is 3. The lowest BCUT2D eigenvalue weighted by molar-refractivity contribution is -0.121. The minimum absolute atomic E-state index is 0.0988. The van der Waals surface area contributed by atoms with Crippen molar-refractivity contribution >= 4 is 17.6 Å². The molecule has 1 aromatic rings. The van der Waals surface area contributed by atoms with Crippen LogP contribution >= 0.6 is 0 Å². The fraction of sp³-hybridized carbons (Fsp3) is 0.333.